The van der Waals surface area contributed by atoms with Gasteiger partial charge in [-0.2, -0.15) is 0 Å². The third-order valence-corrected chi connectivity index (χ3v) is 4.15. The highest BCUT2D eigenvalue weighted by Gasteiger charge is 2.19. The molecule has 0 aliphatic heterocycles. The maximum Gasteiger partial charge on any atom is -0.0206 e. The lowest BCUT2D eigenvalue weighted by Gasteiger charge is -2.27. The normalized spacial score (nSPS) is 19.3. The van der Waals surface area contributed by atoms with Gasteiger partial charge in [-0.15, -0.1) is 0 Å². The molecular weight excluding hydrogens is 180 g/mol. The third-order valence-electron chi connectivity index (χ3n) is 4.15. The van der Waals surface area contributed by atoms with E-state index in [-0.39, 0.29) is 0 Å². The first-order chi connectivity index (χ1) is 6.93. The molecule has 0 saturated carbocycles. The van der Waals surface area contributed by atoms with Gasteiger partial charge in [-0.05, 0) is 36.5 Å². The smallest absolute Gasteiger partial charge is 0.0206 e. The SMILES string of the molecule is C=C(C(C)CC)C(C)C(C)CC(C)CC. The summed E-state index contributed by atoms with van der Waals surface area (Å²) in [6, 6.07) is 0. The molecule has 0 aliphatic rings. The summed E-state index contributed by atoms with van der Waals surface area (Å²) >= 11 is 0. The second kappa shape index (κ2) is 7.09. The molecule has 4 unspecified atom stereocenters. The molecule has 0 aromatic rings. The van der Waals surface area contributed by atoms with Gasteiger partial charge in [-0.25, -0.2) is 0 Å². The summed E-state index contributed by atoms with van der Waals surface area (Å²) in [6.07, 6.45) is 3.86. The van der Waals surface area contributed by atoms with E-state index in [2.05, 4.69) is 48.1 Å². The zero-order valence-corrected chi connectivity index (χ0v) is 11.6. The van der Waals surface area contributed by atoms with E-state index < -0.39 is 0 Å². The first-order valence-electron chi connectivity index (χ1n) is 6.62. The second-order valence-corrected chi connectivity index (χ2v) is 5.40. The molecule has 0 bridgehead atoms. The summed E-state index contributed by atoms with van der Waals surface area (Å²) in [5, 5.41) is 0. The number of rotatable bonds is 7. The molecular formula is C15H30. The minimum atomic E-state index is 0.675. The van der Waals surface area contributed by atoms with Crippen LogP contribution in [-0.4, -0.2) is 0 Å². The van der Waals surface area contributed by atoms with Crippen LogP contribution in [0.5, 0.6) is 0 Å². The highest BCUT2D eigenvalue weighted by molar-refractivity contribution is 5.04. The Kier molecular flexibility index (Phi) is 6.96. The van der Waals surface area contributed by atoms with E-state index in [4.69, 9.17) is 0 Å². The fourth-order valence-electron chi connectivity index (χ4n) is 2.08. The van der Waals surface area contributed by atoms with Crippen molar-refractivity contribution in [3.63, 3.8) is 0 Å². The van der Waals surface area contributed by atoms with Crippen molar-refractivity contribution < 1.29 is 0 Å². The molecule has 0 heterocycles. The summed E-state index contributed by atoms with van der Waals surface area (Å²) in [5.74, 6) is 2.99. The van der Waals surface area contributed by atoms with Crippen molar-refractivity contribution in [3.05, 3.63) is 12.2 Å². The quantitative estimate of drug-likeness (QED) is 0.500. The fourth-order valence-corrected chi connectivity index (χ4v) is 2.08. The summed E-state index contributed by atoms with van der Waals surface area (Å²) in [6.45, 7) is 18.2. The van der Waals surface area contributed by atoms with Crippen molar-refractivity contribution in [1.82, 2.24) is 0 Å². The molecule has 0 radical (unpaired) electrons. The topological polar surface area (TPSA) is 0 Å². The van der Waals surface area contributed by atoms with Gasteiger partial charge < -0.3 is 0 Å². The molecule has 0 spiro atoms. The fraction of sp³-hybridized carbons (Fsp3) is 0.867. The summed E-state index contributed by atoms with van der Waals surface area (Å²) in [7, 11) is 0. The summed E-state index contributed by atoms with van der Waals surface area (Å²) in [4.78, 5) is 0. The van der Waals surface area contributed by atoms with Crippen LogP contribution in [0.3, 0.4) is 0 Å². The Morgan fingerprint density at radius 2 is 1.53 bits per heavy atom. The first kappa shape index (κ1) is 14.7. The maximum absolute atomic E-state index is 4.28. The molecule has 0 rings (SSSR count). The van der Waals surface area contributed by atoms with E-state index in [1.54, 1.807) is 0 Å². The van der Waals surface area contributed by atoms with E-state index in [0.29, 0.717) is 11.8 Å². The summed E-state index contributed by atoms with van der Waals surface area (Å²) in [5.41, 5.74) is 1.45. The Labute approximate surface area is 97.2 Å². The lowest BCUT2D eigenvalue weighted by molar-refractivity contribution is 0.324. The molecule has 0 aliphatic carbocycles. The predicted molar refractivity (Wildman–Crippen MR) is 71.0 cm³/mol. The number of hydrogen-bond donors (Lipinski definition) is 0. The molecule has 4 atom stereocenters. The van der Waals surface area contributed by atoms with Gasteiger partial charge in [0.1, 0.15) is 0 Å². The van der Waals surface area contributed by atoms with Gasteiger partial charge in [-0.3, -0.25) is 0 Å². The molecule has 0 nitrogen and oxygen atoms in total. The van der Waals surface area contributed by atoms with E-state index in [1.165, 1.54) is 24.8 Å². The Bertz CT molecular complexity index is 180. The van der Waals surface area contributed by atoms with Crippen molar-refractivity contribution in [2.75, 3.05) is 0 Å². The Balaban J connectivity index is 4.18. The molecule has 0 aromatic heterocycles. The maximum atomic E-state index is 4.28. The van der Waals surface area contributed by atoms with E-state index in [9.17, 15) is 0 Å². The molecule has 15 heavy (non-hydrogen) atoms. The van der Waals surface area contributed by atoms with Gasteiger partial charge in [0.25, 0.3) is 0 Å². The van der Waals surface area contributed by atoms with Gasteiger partial charge >= 0.3 is 0 Å². The van der Waals surface area contributed by atoms with Gasteiger partial charge in [0.15, 0.2) is 0 Å². The van der Waals surface area contributed by atoms with Crippen LogP contribution in [0.2, 0.25) is 0 Å². The molecule has 0 fully saturated rings. The molecule has 90 valence electrons. The number of hydrogen-bond acceptors (Lipinski definition) is 0. The van der Waals surface area contributed by atoms with E-state index >= 15 is 0 Å². The minimum absolute atomic E-state index is 0.675. The van der Waals surface area contributed by atoms with Crippen LogP contribution >= 0.6 is 0 Å². The van der Waals surface area contributed by atoms with E-state index in [0.717, 1.165) is 11.8 Å². The van der Waals surface area contributed by atoms with Crippen LogP contribution in [0.1, 0.15) is 60.8 Å². The van der Waals surface area contributed by atoms with Crippen LogP contribution in [0.4, 0.5) is 0 Å². The largest absolute Gasteiger partial charge is 0.0993 e. The van der Waals surface area contributed by atoms with Crippen molar-refractivity contribution >= 4 is 0 Å². The van der Waals surface area contributed by atoms with Crippen molar-refractivity contribution in [3.8, 4) is 0 Å². The number of allylic oxidation sites excluding steroid dienone is 1. The average molecular weight is 210 g/mol. The van der Waals surface area contributed by atoms with Crippen molar-refractivity contribution in [2.45, 2.75) is 60.8 Å². The van der Waals surface area contributed by atoms with Gasteiger partial charge in [0, 0.05) is 0 Å². The van der Waals surface area contributed by atoms with Gasteiger partial charge in [0.2, 0.25) is 0 Å². The van der Waals surface area contributed by atoms with Gasteiger partial charge in [0.05, 0.1) is 0 Å². The van der Waals surface area contributed by atoms with Crippen molar-refractivity contribution in [1.29, 1.82) is 0 Å². The second-order valence-electron chi connectivity index (χ2n) is 5.40. The highest BCUT2D eigenvalue weighted by atomic mass is 14.2. The molecule has 0 saturated heterocycles. The van der Waals surface area contributed by atoms with Crippen LogP contribution < -0.4 is 0 Å². The summed E-state index contributed by atoms with van der Waals surface area (Å²) < 4.78 is 0. The predicted octanol–water partition coefficient (Wildman–Crippen LogP) is 5.30. The standard InChI is InChI=1S/C15H30/c1-8-11(3)10-13(5)15(7)14(6)12(4)9-2/h11-13,15H,6,8-10H2,1-5,7H3. The van der Waals surface area contributed by atoms with Crippen LogP contribution in [0.15, 0.2) is 12.2 Å². The Hall–Kier alpha value is -0.260. The molecule has 0 amide bonds. The Morgan fingerprint density at radius 1 is 1.00 bits per heavy atom. The van der Waals surface area contributed by atoms with Crippen LogP contribution in [0.25, 0.3) is 0 Å². The van der Waals surface area contributed by atoms with Crippen molar-refractivity contribution in [2.24, 2.45) is 23.7 Å². The van der Waals surface area contributed by atoms with Crippen LogP contribution in [0, 0.1) is 23.7 Å². The monoisotopic (exact) mass is 210 g/mol. The van der Waals surface area contributed by atoms with E-state index in [1.807, 2.05) is 0 Å². The molecule has 0 heteroatoms. The molecule has 0 N–H and O–H groups in total. The lowest BCUT2D eigenvalue weighted by atomic mass is 9.78. The Morgan fingerprint density at radius 3 is 1.93 bits per heavy atom. The molecule has 0 aromatic carbocycles. The zero-order valence-electron chi connectivity index (χ0n) is 11.6. The zero-order chi connectivity index (χ0) is 12.0. The highest BCUT2D eigenvalue weighted by Crippen LogP contribution is 2.30. The third kappa shape index (κ3) is 4.86. The average Bonchev–Trinajstić information content (AvgIpc) is 2.25. The van der Waals surface area contributed by atoms with Crippen LogP contribution in [-0.2, 0) is 0 Å². The first-order valence-corrected chi connectivity index (χ1v) is 6.62. The lowest BCUT2D eigenvalue weighted by Crippen LogP contribution is -2.16. The van der Waals surface area contributed by atoms with Gasteiger partial charge in [-0.1, -0.05) is 60.1 Å². The minimum Gasteiger partial charge on any atom is -0.0993 e.